The van der Waals surface area contributed by atoms with Gasteiger partial charge in [0, 0.05) is 34.2 Å². The Kier molecular flexibility index (Phi) is 7.59. The predicted molar refractivity (Wildman–Crippen MR) is 157 cm³/mol. The minimum Gasteiger partial charge on any atom is -0.497 e. The van der Waals surface area contributed by atoms with Gasteiger partial charge in [-0.1, -0.05) is 30.2 Å². The summed E-state index contributed by atoms with van der Waals surface area (Å²) >= 11 is 6.35. The van der Waals surface area contributed by atoms with Gasteiger partial charge in [-0.15, -0.1) is 0 Å². The number of nitrogens with one attached hydrogen (secondary N) is 1. The van der Waals surface area contributed by atoms with Crippen molar-refractivity contribution in [3.63, 3.8) is 0 Å². The molecule has 0 spiro atoms. The van der Waals surface area contributed by atoms with Crippen molar-refractivity contribution < 1.29 is 19.0 Å². The number of H-pyrrole nitrogens is 1. The van der Waals surface area contributed by atoms with E-state index in [1.54, 1.807) is 36.3 Å². The van der Waals surface area contributed by atoms with Crippen molar-refractivity contribution in [3.8, 4) is 17.2 Å². The van der Waals surface area contributed by atoms with Gasteiger partial charge in [-0.2, -0.15) is 0 Å². The Morgan fingerprint density at radius 1 is 0.975 bits per heavy atom. The first-order valence-electron chi connectivity index (χ1n) is 13.9. The molecule has 8 heteroatoms. The van der Waals surface area contributed by atoms with Gasteiger partial charge < -0.3 is 24.1 Å². The van der Waals surface area contributed by atoms with Crippen molar-refractivity contribution in [2.75, 3.05) is 33.9 Å². The topological polar surface area (TPSA) is 67.0 Å². The third-order valence-electron chi connectivity index (χ3n) is 8.15. The summed E-state index contributed by atoms with van der Waals surface area (Å²) in [5.41, 5.74) is 4.14. The molecule has 2 aliphatic heterocycles. The third-order valence-corrected chi connectivity index (χ3v) is 8.38. The number of likely N-dealkylation sites (tertiary alicyclic amines) is 1. The maximum Gasteiger partial charge on any atom is 0.416 e. The molecule has 2 unspecified atom stereocenters. The lowest BCUT2D eigenvalue weighted by atomic mass is 9.92. The average Bonchev–Trinajstić information content (AvgIpc) is 3.35. The van der Waals surface area contributed by atoms with Crippen LogP contribution in [-0.2, 0) is 6.42 Å². The van der Waals surface area contributed by atoms with Gasteiger partial charge >= 0.3 is 6.09 Å². The molecule has 0 bridgehead atoms. The number of nitrogens with zero attached hydrogens (tertiary/aromatic N) is 2. The molecule has 1 amide bonds. The van der Waals surface area contributed by atoms with E-state index in [-0.39, 0.29) is 6.04 Å². The second-order valence-corrected chi connectivity index (χ2v) is 11.0. The van der Waals surface area contributed by atoms with Crippen molar-refractivity contribution in [2.45, 2.75) is 37.8 Å². The van der Waals surface area contributed by atoms with E-state index in [1.807, 2.05) is 42.5 Å². The molecule has 1 N–H and O–H groups in total. The fourth-order valence-electron chi connectivity index (χ4n) is 5.90. The summed E-state index contributed by atoms with van der Waals surface area (Å²) in [4.78, 5) is 21.3. The Hall–Kier alpha value is -3.68. The first kappa shape index (κ1) is 26.5. The van der Waals surface area contributed by atoms with Crippen molar-refractivity contribution >= 4 is 28.6 Å². The van der Waals surface area contributed by atoms with Gasteiger partial charge in [-0.3, -0.25) is 4.90 Å². The van der Waals surface area contributed by atoms with Crippen LogP contribution in [0.5, 0.6) is 17.2 Å². The second-order valence-electron chi connectivity index (χ2n) is 10.6. The van der Waals surface area contributed by atoms with Crippen LogP contribution in [0.3, 0.4) is 0 Å². The van der Waals surface area contributed by atoms with Crippen molar-refractivity contribution in [2.24, 2.45) is 0 Å². The SMILES string of the molecule is COc1ccc(OC(=O)N2CCc3c([nH]c4ccc(Cl)cc34)C2c2ccc(OCC3CCCCN3C)cc2)cc1. The Balaban J connectivity index is 1.29. The van der Waals surface area contributed by atoms with E-state index in [1.165, 1.54) is 18.4 Å². The Bertz CT molecular complexity index is 1480. The lowest BCUT2D eigenvalue weighted by Gasteiger charge is -2.35. The van der Waals surface area contributed by atoms with Gasteiger partial charge in [0.25, 0.3) is 0 Å². The number of carbonyl (C=O) groups is 1. The number of benzene rings is 3. The van der Waals surface area contributed by atoms with Crippen LogP contribution >= 0.6 is 11.6 Å². The molecular weight excluding hydrogens is 526 g/mol. The quantitative estimate of drug-likeness (QED) is 0.280. The molecule has 2 aliphatic rings. The largest absolute Gasteiger partial charge is 0.497 e. The highest BCUT2D eigenvalue weighted by atomic mass is 35.5. The van der Waals surface area contributed by atoms with Gasteiger partial charge in [-0.05, 0) is 98.6 Å². The molecule has 6 rings (SSSR count). The Morgan fingerprint density at radius 2 is 1.73 bits per heavy atom. The maximum atomic E-state index is 13.6. The molecular formula is C32H34ClN3O4. The number of carbonyl (C=O) groups excluding carboxylic acids is 1. The number of ether oxygens (including phenoxy) is 3. The highest BCUT2D eigenvalue weighted by Gasteiger charge is 2.36. The molecule has 1 aromatic heterocycles. The third kappa shape index (κ3) is 5.36. The van der Waals surface area contributed by atoms with Gasteiger partial charge in [0.15, 0.2) is 0 Å². The van der Waals surface area contributed by atoms with Gasteiger partial charge in [0.05, 0.1) is 7.11 Å². The lowest BCUT2D eigenvalue weighted by Crippen LogP contribution is -2.42. The van der Waals surface area contributed by atoms with Crippen LogP contribution in [0.1, 0.15) is 42.1 Å². The van der Waals surface area contributed by atoms with Crippen LogP contribution in [0.25, 0.3) is 10.9 Å². The smallest absolute Gasteiger partial charge is 0.416 e. The zero-order chi connectivity index (χ0) is 27.6. The number of piperidine rings is 1. The minimum absolute atomic E-state index is 0.348. The molecule has 3 heterocycles. The Morgan fingerprint density at radius 3 is 2.48 bits per heavy atom. The van der Waals surface area contributed by atoms with E-state index in [2.05, 4.69) is 16.9 Å². The summed E-state index contributed by atoms with van der Waals surface area (Å²) in [6, 6.07) is 21.1. The fourth-order valence-corrected chi connectivity index (χ4v) is 6.07. The number of fused-ring (bicyclic) bond motifs is 3. The van der Waals surface area contributed by atoms with E-state index in [9.17, 15) is 4.79 Å². The zero-order valence-corrected chi connectivity index (χ0v) is 23.6. The molecule has 4 aromatic rings. The number of aromatic nitrogens is 1. The summed E-state index contributed by atoms with van der Waals surface area (Å²) < 4.78 is 17.2. The van der Waals surface area contributed by atoms with E-state index < -0.39 is 6.09 Å². The summed E-state index contributed by atoms with van der Waals surface area (Å²) in [6.45, 7) is 2.31. The average molecular weight is 560 g/mol. The van der Waals surface area contributed by atoms with E-state index in [0.717, 1.165) is 40.9 Å². The molecule has 0 aliphatic carbocycles. The standard InChI is InChI=1S/C32H34ClN3O4/c1-35-17-4-3-5-23(35)20-39-25-9-6-21(7-10-25)31-30-27(28-19-22(33)8-15-29(28)34-30)16-18-36(31)32(37)40-26-13-11-24(38-2)12-14-26/h6-15,19,23,31,34H,3-5,16-18,20H2,1-2H3. The molecule has 7 nitrogen and oxygen atoms in total. The number of amides is 1. The van der Waals surface area contributed by atoms with E-state index in [4.69, 9.17) is 25.8 Å². The molecule has 40 heavy (non-hydrogen) atoms. The lowest BCUT2D eigenvalue weighted by molar-refractivity contribution is 0.125. The number of halogens is 1. The van der Waals surface area contributed by atoms with E-state index >= 15 is 0 Å². The van der Waals surface area contributed by atoms with Crippen LogP contribution in [0.2, 0.25) is 5.02 Å². The minimum atomic E-state index is -0.404. The fraction of sp³-hybridized carbons (Fsp3) is 0.344. The second kappa shape index (κ2) is 11.4. The molecule has 1 saturated heterocycles. The van der Waals surface area contributed by atoms with Gasteiger partial charge in [0.2, 0.25) is 0 Å². The first-order valence-corrected chi connectivity index (χ1v) is 14.2. The van der Waals surface area contributed by atoms with Crippen molar-refractivity contribution in [1.82, 2.24) is 14.8 Å². The summed E-state index contributed by atoms with van der Waals surface area (Å²) in [5.74, 6) is 2.00. The predicted octanol–water partition coefficient (Wildman–Crippen LogP) is 6.84. The summed E-state index contributed by atoms with van der Waals surface area (Å²) in [7, 11) is 3.78. The molecule has 0 saturated carbocycles. The molecule has 2 atom stereocenters. The number of methoxy groups -OCH3 is 1. The number of rotatable bonds is 6. The van der Waals surface area contributed by atoms with Crippen LogP contribution in [0.4, 0.5) is 4.79 Å². The van der Waals surface area contributed by atoms with Gasteiger partial charge in [0.1, 0.15) is 29.9 Å². The van der Waals surface area contributed by atoms with Crippen LogP contribution in [0, 0.1) is 0 Å². The highest BCUT2D eigenvalue weighted by Crippen LogP contribution is 2.40. The van der Waals surface area contributed by atoms with Crippen molar-refractivity contribution in [3.05, 3.63) is 88.6 Å². The molecule has 0 radical (unpaired) electrons. The summed E-state index contributed by atoms with van der Waals surface area (Å²) in [6.07, 6.45) is 3.95. The monoisotopic (exact) mass is 559 g/mol. The van der Waals surface area contributed by atoms with Gasteiger partial charge in [-0.25, -0.2) is 4.79 Å². The molecule has 3 aromatic carbocycles. The maximum absolute atomic E-state index is 13.6. The number of aromatic amines is 1. The number of hydrogen-bond donors (Lipinski definition) is 1. The normalized spacial score (nSPS) is 19.3. The zero-order valence-electron chi connectivity index (χ0n) is 22.9. The molecule has 208 valence electrons. The molecule has 1 fully saturated rings. The van der Waals surface area contributed by atoms with E-state index in [0.29, 0.717) is 42.1 Å². The van der Waals surface area contributed by atoms with Crippen LogP contribution in [0.15, 0.2) is 66.7 Å². The Labute approximate surface area is 239 Å². The van der Waals surface area contributed by atoms with Crippen molar-refractivity contribution in [1.29, 1.82) is 0 Å². The van der Waals surface area contributed by atoms with Crippen LogP contribution in [-0.4, -0.2) is 60.8 Å². The summed E-state index contributed by atoms with van der Waals surface area (Å²) in [5, 5.41) is 1.78. The number of hydrogen-bond acceptors (Lipinski definition) is 5. The highest BCUT2D eigenvalue weighted by molar-refractivity contribution is 6.31. The number of likely N-dealkylation sites (N-methyl/N-ethyl adjacent to an activating group) is 1. The van der Waals surface area contributed by atoms with Crippen LogP contribution < -0.4 is 14.2 Å². The first-order chi connectivity index (χ1) is 19.5.